The fourth-order valence-electron chi connectivity index (χ4n) is 9.49. The largest absolute Gasteiger partial charge is 0.453 e. The number of methoxy groups -OCH3 is 2. The monoisotopic (exact) mass is 856 g/mol. The summed E-state index contributed by atoms with van der Waals surface area (Å²) >= 11 is 0. The molecule has 324 valence electrons. The van der Waals surface area contributed by atoms with E-state index < -0.39 is 24.3 Å². The van der Waals surface area contributed by atoms with Crippen LogP contribution in [0.15, 0.2) is 109 Å². The summed E-state index contributed by atoms with van der Waals surface area (Å²) in [6.45, 7) is 1.21. The standard InChI is InChI=1S/C50H48N8O6/c1-63-47(61)55-41(34-9-5-3-6-10-34)45(59)57-29-49(21-22-49)26-39(57)43-51-28-38(54-43)33-18-15-31(16-19-33)13-14-32-17-20-36-37(25-32)53-44(52-36)40-27-50(23-24-50)30-58(40)46(60)42(56-48(62)64-2)35-11-7-4-8-12-35/h3-12,15-20,25,28,39-42H,21-24,26-27,29-30H2,1-2H3,(H,51,54)(H,52,53)(H,55,61)(H,56,62)/t39-,40-,41-,42?/m0/s1. The molecular formula is C50H48N8O6. The number of alkyl carbamates (subject to hydrolysis) is 2. The van der Waals surface area contributed by atoms with Crippen molar-refractivity contribution in [2.24, 2.45) is 10.8 Å². The zero-order valence-corrected chi connectivity index (χ0v) is 35.6. The van der Waals surface area contributed by atoms with Crippen LogP contribution >= 0.6 is 0 Å². The molecule has 4 heterocycles. The lowest BCUT2D eigenvalue weighted by Crippen LogP contribution is -2.43. The van der Waals surface area contributed by atoms with Gasteiger partial charge in [-0.25, -0.2) is 19.6 Å². The third-order valence-corrected chi connectivity index (χ3v) is 13.4. The molecule has 6 aromatic rings. The van der Waals surface area contributed by atoms with Gasteiger partial charge in [-0.2, -0.15) is 0 Å². The van der Waals surface area contributed by atoms with Gasteiger partial charge in [0, 0.05) is 24.2 Å². The molecule has 14 nitrogen and oxygen atoms in total. The second-order valence-corrected chi connectivity index (χ2v) is 17.7. The van der Waals surface area contributed by atoms with E-state index in [0.717, 1.165) is 71.9 Å². The average Bonchev–Trinajstić information content (AvgIpc) is 3.94. The normalized spacial score (nSPS) is 19.7. The maximum absolute atomic E-state index is 14.3. The Kier molecular flexibility index (Phi) is 10.4. The van der Waals surface area contributed by atoms with E-state index in [2.05, 4.69) is 32.4 Å². The third kappa shape index (κ3) is 8.05. The van der Waals surface area contributed by atoms with Gasteiger partial charge in [-0.05, 0) is 96.4 Å². The molecule has 2 aromatic heterocycles. The summed E-state index contributed by atoms with van der Waals surface area (Å²) in [6, 6.07) is 30.0. The highest BCUT2D eigenvalue weighted by molar-refractivity contribution is 5.89. The number of rotatable bonds is 9. The molecule has 2 saturated carbocycles. The minimum atomic E-state index is -0.893. The summed E-state index contributed by atoms with van der Waals surface area (Å²) in [5.41, 5.74) is 6.53. The van der Waals surface area contributed by atoms with Crippen LogP contribution in [0.5, 0.6) is 0 Å². The summed E-state index contributed by atoms with van der Waals surface area (Å²) in [5.74, 6) is 7.63. The van der Waals surface area contributed by atoms with E-state index in [1.807, 2.05) is 113 Å². The number of imidazole rings is 2. The molecule has 2 spiro atoms. The lowest BCUT2D eigenvalue weighted by Gasteiger charge is -2.28. The van der Waals surface area contributed by atoms with Crippen LogP contribution in [0.2, 0.25) is 0 Å². The highest BCUT2D eigenvalue weighted by Gasteiger charge is 2.56. The first-order chi connectivity index (χ1) is 31.1. The molecule has 4 amide bonds. The Morgan fingerprint density at radius 3 is 1.72 bits per heavy atom. The summed E-state index contributed by atoms with van der Waals surface area (Å²) < 4.78 is 9.77. The molecule has 2 aliphatic heterocycles. The lowest BCUT2D eigenvalue weighted by atomic mass is 10.0. The van der Waals surface area contributed by atoms with Crippen molar-refractivity contribution in [3.8, 4) is 23.1 Å². The van der Waals surface area contributed by atoms with E-state index in [1.54, 1.807) is 6.20 Å². The SMILES string of the molecule is COC(=O)NC(C(=O)N1CC2(CC2)C[C@H]1c1nc2ccc(C#Cc3ccc(-c4cnc([C@@H]5CC6(CC6)CN5C(=O)[C@@H](NC(=O)OC)c5ccccc5)[nH]4)cc3)cc2[nH]1)c1ccccc1. The molecule has 4 N–H and O–H groups in total. The van der Waals surface area contributed by atoms with Gasteiger partial charge < -0.3 is 39.9 Å². The third-order valence-electron chi connectivity index (χ3n) is 13.4. The van der Waals surface area contributed by atoms with Crippen molar-refractivity contribution in [3.05, 3.63) is 143 Å². The van der Waals surface area contributed by atoms with Crippen LogP contribution in [0.3, 0.4) is 0 Å². The number of likely N-dealkylation sites (tertiary alicyclic amines) is 2. The Bertz CT molecular complexity index is 2800. The predicted octanol–water partition coefficient (Wildman–Crippen LogP) is 7.65. The summed E-state index contributed by atoms with van der Waals surface area (Å²) in [6.07, 6.45) is 6.27. The van der Waals surface area contributed by atoms with E-state index in [1.165, 1.54) is 14.2 Å². The first kappa shape index (κ1) is 40.7. The minimum Gasteiger partial charge on any atom is -0.453 e. The Labute approximate surface area is 370 Å². The molecule has 10 rings (SSSR count). The first-order valence-corrected chi connectivity index (χ1v) is 21.7. The number of H-pyrrole nitrogens is 2. The van der Waals surface area contributed by atoms with Gasteiger partial charge in [0.15, 0.2) is 0 Å². The van der Waals surface area contributed by atoms with Crippen LogP contribution in [0, 0.1) is 22.7 Å². The van der Waals surface area contributed by atoms with Gasteiger partial charge in [0.25, 0.3) is 11.8 Å². The van der Waals surface area contributed by atoms with E-state index in [9.17, 15) is 19.2 Å². The molecule has 2 saturated heterocycles. The lowest BCUT2D eigenvalue weighted by molar-refractivity contribution is -0.135. The van der Waals surface area contributed by atoms with E-state index in [-0.39, 0.29) is 34.7 Å². The Balaban J connectivity index is 0.840. The molecule has 4 fully saturated rings. The van der Waals surface area contributed by atoms with Crippen molar-refractivity contribution < 1.29 is 28.7 Å². The second-order valence-electron chi connectivity index (χ2n) is 17.7. The van der Waals surface area contributed by atoms with Gasteiger partial charge in [0.1, 0.15) is 23.7 Å². The number of fused-ring (bicyclic) bond motifs is 1. The molecule has 4 aliphatic rings. The summed E-state index contributed by atoms with van der Waals surface area (Å²) in [4.78, 5) is 73.7. The molecule has 0 bridgehead atoms. The molecule has 4 aromatic carbocycles. The van der Waals surface area contributed by atoms with Gasteiger partial charge in [0.2, 0.25) is 0 Å². The minimum absolute atomic E-state index is 0.0627. The van der Waals surface area contributed by atoms with Crippen LogP contribution in [-0.4, -0.2) is 81.0 Å². The summed E-state index contributed by atoms with van der Waals surface area (Å²) in [5, 5.41) is 5.51. The fraction of sp³-hybridized carbons (Fsp3) is 0.320. The number of carbonyl (C=O) groups is 4. The number of benzene rings is 4. The number of nitrogens with one attached hydrogen (secondary N) is 4. The first-order valence-electron chi connectivity index (χ1n) is 21.7. The zero-order chi connectivity index (χ0) is 44.0. The van der Waals surface area contributed by atoms with Crippen LogP contribution in [0.25, 0.3) is 22.3 Å². The van der Waals surface area contributed by atoms with Crippen molar-refractivity contribution in [2.75, 3.05) is 27.3 Å². The predicted molar refractivity (Wildman–Crippen MR) is 237 cm³/mol. The van der Waals surface area contributed by atoms with Crippen molar-refractivity contribution in [1.29, 1.82) is 0 Å². The molecule has 1 unspecified atom stereocenters. The number of hydrogen-bond acceptors (Lipinski definition) is 8. The molecule has 4 atom stereocenters. The van der Waals surface area contributed by atoms with Crippen LogP contribution in [0.1, 0.15) is 96.6 Å². The van der Waals surface area contributed by atoms with Gasteiger partial charge in [-0.3, -0.25) is 9.59 Å². The zero-order valence-electron chi connectivity index (χ0n) is 35.6. The molecule has 0 radical (unpaired) electrons. The molecule has 64 heavy (non-hydrogen) atoms. The Morgan fingerprint density at radius 2 is 1.19 bits per heavy atom. The molecular weight excluding hydrogens is 809 g/mol. The number of carbonyl (C=O) groups excluding carboxylic acids is 4. The highest BCUT2D eigenvalue weighted by atomic mass is 16.5. The van der Waals surface area contributed by atoms with Gasteiger partial charge in [-0.15, -0.1) is 0 Å². The van der Waals surface area contributed by atoms with Crippen LogP contribution < -0.4 is 10.6 Å². The topological polar surface area (TPSA) is 175 Å². The number of aromatic amines is 2. The second kappa shape index (κ2) is 16.4. The Morgan fingerprint density at radius 1 is 0.672 bits per heavy atom. The Hall–Kier alpha value is -7.40. The summed E-state index contributed by atoms with van der Waals surface area (Å²) in [7, 11) is 2.58. The van der Waals surface area contributed by atoms with Crippen molar-refractivity contribution in [1.82, 2.24) is 40.4 Å². The van der Waals surface area contributed by atoms with Crippen molar-refractivity contribution in [3.63, 3.8) is 0 Å². The smallest absolute Gasteiger partial charge is 0.407 e. The van der Waals surface area contributed by atoms with Crippen LogP contribution in [0.4, 0.5) is 9.59 Å². The number of hydrogen-bond donors (Lipinski definition) is 4. The van der Waals surface area contributed by atoms with Gasteiger partial charge >= 0.3 is 12.2 Å². The van der Waals surface area contributed by atoms with Crippen molar-refractivity contribution in [2.45, 2.75) is 62.7 Å². The quantitative estimate of drug-likeness (QED) is 0.107. The van der Waals surface area contributed by atoms with Crippen molar-refractivity contribution >= 4 is 35.0 Å². The maximum Gasteiger partial charge on any atom is 0.407 e. The maximum atomic E-state index is 14.3. The number of amides is 4. The fourth-order valence-corrected chi connectivity index (χ4v) is 9.49. The number of ether oxygens (including phenoxy) is 2. The van der Waals surface area contributed by atoms with Gasteiger partial charge in [0.05, 0.1) is 49.2 Å². The number of aromatic nitrogens is 4. The van der Waals surface area contributed by atoms with Gasteiger partial charge in [-0.1, -0.05) is 84.6 Å². The average molecular weight is 857 g/mol. The highest BCUT2D eigenvalue weighted by Crippen LogP contribution is 2.59. The van der Waals surface area contributed by atoms with Crippen LogP contribution in [-0.2, 0) is 19.1 Å². The molecule has 14 heteroatoms. The van der Waals surface area contributed by atoms with E-state index in [0.29, 0.717) is 35.9 Å². The van der Waals surface area contributed by atoms with E-state index in [4.69, 9.17) is 19.4 Å². The van der Waals surface area contributed by atoms with E-state index >= 15 is 0 Å². The molecule has 2 aliphatic carbocycles. The number of nitrogens with zero attached hydrogens (tertiary/aromatic N) is 4.